The number of rotatable bonds is 3. The van der Waals surface area contributed by atoms with Crippen LogP contribution in [0.5, 0.6) is 0 Å². The first-order chi connectivity index (χ1) is 8.92. The van der Waals surface area contributed by atoms with E-state index >= 15 is 0 Å². The molecule has 0 bridgehead atoms. The van der Waals surface area contributed by atoms with Crippen LogP contribution in [-0.2, 0) is 15.8 Å². The minimum atomic E-state index is -3.96. The van der Waals surface area contributed by atoms with E-state index < -0.39 is 21.3 Å². The second kappa shape index (κ2) is 5.32. The number of nitrogens with zero attached hydrogens (tertiary/aromatic N) is 2. The molecule has 1 aromatic carbocycles. The summed E-state index contributed by atoms with van der Waals surface area (Å²) in [5.41, 5.74) is -0.492. The van der Waals surface area contributed by atoms with E-state index in [1.165, 1.54) is 24.4 Å². The minimum absolute atomic E-state index is 0.222. The van der Waals surface area contributed by atoms with Crippen LogP contribution in [0.3, 0.4) is 0 Å². The maximum atomic E-state index is 12.1. The average molecular weight is 319 g/mol. The molecule has 0 aliphatic carbocycles. The molecule has 0 aliphatic rings. The van der Waals surface area contributed by atoms with Crippen molar-refractivity contribution in [2.24, 2.45) is 0 Å². The van der Waals surface area contributed by atoms with E-state index in [-0.39, 0.29) is 15.6 Å². The summed E-state index contributed by atoms with van der Waals surface area (Å²) in [6, 6.07) is 7.13. The number of aromatic nitrogens is 2. The summed E-state index contributed by atoms with van der Waals surface area (Å²) in [6.45, 7) is 0. The molecule has 19 heavy (non-hydrogen) atoms. The fourth-order valence-electron chi connectivity index (χ4n) is 1.47. The van der Waals surface area contributed by atoms with Crippen molar-refractivity contribution in [3.05, 3.63) is 62.5 Å². The van der Waals surface area contributed by atoms with Crippen molar-refractivity contribution < 1.29 is 8.42 Å². The second-order valence-corrected chi connectivity index (χ2v) is 6.27. The third-order valence-corrected chi connectivity index (χ3v) is 4.50. The van der Waals surface area contributed by atoms with Gasteiger partial charge in [0.05, 0.1) is 5.75 Å². The van der Waals surface area contributed by atoms with Crippen LogP contribution >= 0.6 is 23.2 Å². The highest BCUT2D eigenvalue weighted by molar-refractivity contribution is 7.89. The molecule has 5 nitrogen and oxygen atoms in total. The van der Waals surface area contributed by atoms with Crippen molar-refractivity contribution >= 4 is 33.2 Å². The Morgan fingerprint density at radius 1 is 1.11 bits per heavy atom. The third-order valence-electron chi connectivity index (χ3n) is 2.34. The lowest BCUT2D eigenvalue weighted by Gasteiger charge is -2.08. The van der Waals surface area contributed by atoms with E-state index in [2.05, 4.69) is 5.10 Å². The topological polar surface area (TPSA) is 69.0 Å². The van der Waals surface area contributed by atoms with Gasteiger partial charge in [0, 0.05) is 27.9 Å². The SMILES string of the molecule is O=c1cccnn1S(=O)(=O)Cc1c(Cl)cccc1Cl. The Morgan fingerprint density at radius 3 is 2.32 bits per heavy atom. The van der Waals surface area contributed by atoms with E-state index in [9.17, 15) is 13.2 Å². The van der Waals surface area contributed by atoms with Gasteiger partial charge < -0.3 is 0 Å². The summed E-state index contributed by atoms with van der Waals surface area (Å²) in [6.07, 6.45) is 1.22. The predicted octanol–water partition coefficient (Wildman–Crippen LogP) is 1.93. The molecule has 1 heterocycles. The zero-order valence-electron chi connectivity index (χ0n) is 9.45. The molecule has 0 atom stereocenters. The summed E-state index contributed by atoms with van der Waals surface area (Å²) >= 11 is 11.8. The highest BCUT2D eigenvalue weighted by Gasteiger charge is 2.20. The normalized spacial score (nSPS) is 11.5. The van der Waals surface area contributed by atoms with Gasteiger partial charge in [-0.15, -0.1) is 4.09 Å². The largest absolute Gasteiger partial charge is 0.281 e. The smallest absolute Gasteiger partial charge is 0.267 e. The lowest BCUT2D eigenvalue weighted by molar-refractivity contribution is 0.574. The predicted molar refractivity (Wildman–Crippen MR) is 73.0 cm³/mol. The monoisotopic (exact) mass is 318 g/mol. The van der Waals surface area contributed by atoms with E-state index in [1.54, 1.807) is 6.07 Å². The van der Waals surface area contributed by atoms with Crippen LogP contribution in [0.1, 0.15) is 5.56 Å². The van der Waals surface area contributed by atoms with Crippen molar-refractivity contribution in [1.82, 2.24) is 9.19 Å². The van der Waals surface area contributed by atoms with Gasteiger partial charge in [-0.2, -0.15) is 5.10 Å². The first-order valence-corrected chi connectivity index (χ1v) is 7.49. The quantitative estimate of drug-likeness (QED) is 0.867. The Balaban J connectivity index is 2.49. The van der Waals surface area contributed by atoms with Gasteiger partial charge >= 0.3 is 0 Å². The van der Waals surface area contributed by atoms with Crippen LogP contribution in [0.15, 0.2) is 41.3 Å². The molecule has 2 rings (SSSR count). The Labute approximate surface area is 119 Å². The lowest BCUT2D eigenvalue weighted by Crippen LogP contribution is -2.29. The van der Waals surface area contributed by atoms with Gasteiger partial charge in [-0.05, 0) is 18.2 Å². The first kappa shape index (κ1) is 14.0. The summed E-state index contributed by atoms with van der Waals surface area (Å²) in [5.74, 6) is -0.498. The molecule has 0 spiro atoms. The van der Waals surface area contributed by atoms with Crippen molar-refractivity contribution in [1.29, 1.82) is 0 Å². The molecule has 0 saturated carbocycles. The van der Waals surface area contributed by atoms with Gasteiger partial charge in [0.2, 0.25) is 0 Å². The first-order valence-electron chi connectivity index (χ1n) is 5.12. The molecule has 0 fully saturated rings. The third kappa shape index (κ3) is 2.97. The van der Waals surface area contributed by atoms with E-state index in [0.29, 0.717) is 4.09 Å². The Bertz CT molecular complexity index is 751. The van der Waals surface area contributed by atoms with Crippen molar-refractivity contribution in [2.75, 3.05) is 0 Å². The molecule has 1 aromatic heterocycles. The molecule has 100 valence electrons. The minimum Gasteiger partial charge on any atom is -0.267 e. The number of halogens is 2. The fraction of sp³-hybridized carbons (Fsp3) is 0.0909. The van der Waals surface area contributed by atoms with Gasteiger partial charge in [0.25, 0.3) is 15.6 Å². The van der Waals surface area contributed by atoms with Gasteiger partial charge in [0.15, 0.2) is 0 Å². The molecule has 0 N–H and O–H groups in total. The van der Waals surface area contributed by atoms with Gasteiger partial charge in [-0.3, -0.25) is 4.79 Å². The highest BCUT2D eigenvalue weighted by atomic mass is 35.5. The standard InChI is InChI=1S/C11H8Cl2N2O3S/c12-9-3-1-4-10(13)8(9)7-19(17,18)15-11(16)5-2-6-14-15/h1-6H,7H2. The Kier molecular flexibility index (Phi) is 3.93. The molecular weight excluding hydrogens is 311 g/mol. The summed E-state index contributed by atoms with van der Waals surface area (Å²) < 4.78 is 24.6. The Morgan fingerprint density at radius 2 is 1.74 bits per heavy atom. The molecule has 2 aromatic rings. The molecule has 0 saturated heterocycles. The van der Waals surface area contributed by atoms with Crippen LogP contribution in [0.2, 0.25) is 10.0 Å². The summed E-state index contributed by atoms with van der Waals surface area (Å²) in [4.78, 5) is 11.5. The van der Waals surface area contributed by atoms with Crippen molar-refractivity contribution in [3.8, 4) is 0 Å². The highest BCUT2D eigenvalue weighted by Crippen LogP contribution is 2.26. The van der Waals surface area contributed by atoms with Crippen LogP contribution in [0, 0.1) is 0 Å². The van der Waals surface area contributed by atoms with E-state index in [4.69, 9.17) is 23.2 Å². The number of hydrogen-bond donors (Lipinski definition) is 0. The maximum absolute atomic E-state index is 12.1. The number of benzene rings is 1. The van der Waals surface area contributed by atoms with Crippen LogP contribution < -0.4 is 5.56 Å². The van der Waals surface area contributed by atoms with Crippen molar-refractivity contribution in [3.63, 3.8) is 0 Å². The zero-order chi connectivity index (χ0) is 14.0. The molecule has 0 unspecified atom stereocenters. The summed E-state index contributed by atoms with van der Waals surface area (Å²) in [7, 11) is -3.96. The molecule has 8 heteroatoms. The van der Waals surface area contributed by atoms with E-state index in [0.717, 1.165) is 6.07 Å². The van der Waals surface area contributed by atoms with Crippen molar-refractivity contribution in [2.45, 2.75) is 5.75 Å². The fourth-order valence-corrected chi connectivity index (χ4v) is 3.49. The average Bonchev–Trinajstić information content (AvgIpc) is 2.34. The van der Waals surface area contributed by atoms with Gasteiger partial charge in [0.1, 0.15) is 0 Å². The molecule has 0 aliphatic heterocycles. The second-order valence-electron chi connectivity index (χ2n) is 3.66. The zero-order valence-corrected chi connectivity index (χ0v) is 11.8. The summed E-state index contributed by atoms with van der Waals surface area (Å²) in [5, 5.41) is 3.98. The van der Waals surface area contributed by atoms with Gasteiger partial charge in [-0.1, -0.05) is 29.3 Å². The number of hydrogen-bond acceptors (Lipinski definition) is 4. The molecule has 0 amide bonds. The van der Waals surface area contributed by atoms with Gasteiger partial charge in [-0.25, -0.2) is 8.42 Å². The van der Waals surface area contributed by atoms with E-state index in [1.807, 2.05) is 0 Å². The molecule has 0 radical (unpaired) electrons. The van der Waals surface area contributed by atoms with Crippen LogP contribution in [0.4, 0.5) is 0 Å². The Hall–Kier alpha value is -1.37. The lowest BCUT2D eigenvalue weighted by atomic mass is 10.2. The molecular formula is C11H8Cl2N2O3S. The van der Waals surface area contributed by atoms with Crippen LogP contribution in [-0.4, -0.2) is 17.6 Å². The van der Waals surface area contributed by atoms with Crippen LogP contribution in [0.25, 0.3) is 0 Å². The maximum Gasteiger partial charge on any atom is 0.281 e.